The maximum Gasteiger partial charge on any atom is 0.315 e. The Labute approximate surface area is 95.8 Å². The summed E-state index contributed by atoms with van der Waals surface area (Å²) < 4.78 is 0. The van der Waals surface area contributed by atoms with Gasteiger partial charge in [0.1, 0.15) is 0 Å². The number of hydrogen-bond acceptors (Lipinski definition) is 2. The number of hydrogen-bond donors (Lipinski definition) is 2. The third kappa shape index (κ3) is 2.60. The lowest BCUT2D eigenvalue weighted by Gasteiger charge is -2.16. The van der Waals surface area contributed by atoms with Gasteiger partial charge >= 0.3 is 6.03 Å². The predicted molar refractivity (Wildman–Crippen MR) is 64.2 cm³/mol. The van der Waals surface area contributed by atoms with Gasteiger partial charge in [0.15, 0.2) is 0 Å². The van der Waals surface area contributed by atoms with E-state index in [1.807, 2.05) is 11.8 Å². The molecule has 0 aromatic rings. The van der Waals surface area contributed by atoms with Crippen molar-refractivity contribution in [1.82, 2.24) is 10.6 Å². The summed E-state index contributed by atoms with van der Waals surface area (Å²) in [6.45, 7) is 2.24. The molecule has 2 unspecified atom stereocenters. The van der Waals surface area contributed by atoms with Gasteiger partial charge in [-0.3, -0.25) is 0 Å². The van der Waals surface area contributed by atoms with Crippen molar-refractivity contribution in [3.8, 4) is 0 Å². The Kier molecular flexibility index (Phi) is 3.78. The van der Waals surface area contributed by atoms with E-state index in [9.17, 15) is 4.79 Å². The number of carbonyl (C=O) groups is 1. The van der Waals surface area contributed by atoms with Gasteiger partial charge in [-0.05, 0) is 6.42 Å². The molecule has 2 rings (SSSR count). The highest BCUT2D eigenvalue weighted by Crippen LogP contribution is 2.33. The monoisotopic (exact) mass is 228 g/mol. The summed E-state index contributed by atoms with van der Waals surface area (Å²) in [7, 11) is 0. The molecule has 3 atom stereocenters. The Morgan fingerprint density at radius 3 is 3.00 bits per heavy atom. The number of thioether (sulfide) groups is 1. The van der Waals surface area contributed by atoms with Gasteiger partial charge in [-0.1, -0.05) is 32.6 Å². The smallest absolute Gasteiger partial charge is 0.315 e. The van der Waals surface area contributed by atoms with Crippen molar-refractivity contribution in [3.05, 3.63) is 0 Å². The van der Waals surface area contributed by atoms with E-state index in [2.05, 4.69) is 17.6 Å². The SMILES string of the molecule is CCCCCC[C@H]1SCC2NC(=O)NC21. The quantitative estimate of drug-likeness (QED) is 0.559. The number of nitrogens with one attached hydrogen (secondary N) is 2. The molecule has 0 saturated carbocycles. The van der Waals surface area contributed by atoms with Crippen LogP contribution in [0, 0.1) is 0 Å². The first-order valence-corrected chi connectivity index (χ1v) is 7.04. The normalized spacial score (nSPS) is 33.7. The number of rotatable bonds is 5. The molecule has 3 nitrogen and oxygen atoms in total. The average molecular weight is 228 g/mol. The summed E-state index contributed by atoms with van der Waals surface area (Å²) in [6, 6.07) is 0.812. The van der Waals surface area contributed by atoms with Crippen LogP contribution in [0.2, 0.25) is 0 Å². The van der Waals surface area contributed by atoms with Gasteiger partial charge in [0.05, 0.1) is 12.1 Å². The molecule has 2 fully saturated rings. The number of fused-ring (bicyclic) bond motifs is 1. The first-order chi connectivity index (χ1) is 7.31. The van der Waals surface area contributed by atoms with Crippen LogP contribution in [0.3, 0.4) is 0 Å². The fourth-order valence-corrected chi connectivity index (χ4v) is 3.96. The first-order valence-electron chi connectivity index (χ1n) is 6.00. The lowest BCUT2D eigenvalue weighted by Crippen LogP contribution is -2.36. The molecule has 0 aliphatic carbocycles. The zero-order chi connectivity index (χ0) is 10.7. The number of carbonyl (C=O) groups excluding carboxylic acids is 1. The largest absolute Gasteiger partial charge is 0.332 e. The van der Waals surface area contributed by atoms with Gasteiger partial charge in [0, 0.05) is 11.0 Å². The minimum atomic E-state index is 0.0314. The maximum atomic E-state index is 11.1. The highest BCUT2D eigenvalue weighted by atomic mass is 32.2. The summed E-state index contributed by atoms with van der Waals surface area (Å²) in [5, 5.41) is 6.66. The molecule has 0 radical (unpaired) electrons. The van der Waals surface area contributed by atoms with Crippen LogP contribution in [0.1, 0.15) is 39.0 Å². The van der Waals surface area contributed by atoms with Gasteiger partial charge in [0.2, 0.25) is 0 Å². The fraction of sp³-hybridized carbons (Fsp3) is 0.909. The van der Waals surface area contributed by atoms with Crippen LogP contribution in [0.25, 0.3) is 0 Å². The van der Waals surface area contributed by atoms with E-state index in [0.29, 0.717) is 17.3 Å². The molecule has 0 spiro atoms. The van der Waals surface area contributed by atoms with Gasteiger partial charge in [-0.2, -0.15) is 11.8 Å². The second kappa shape index (κ2) is 5.10. The zero-order valence-electron chi connectivity index (χ0n) is 9.29. The molecular weight excluding hydrogens is 208 g/mol. The predicted octanol–water partition coefficient (Wildman–Crippen LogP) is 2.12. The second-order valence-electron chi connectivity index (χ2n) is 4.47. The number of amides is 2. The van der Waals surface area contributed by atoms with E-state index in [1.54, 1.807) is 0 Å². The third-order valence-electron chi connectivity index (χ3n) is 3.28. The highest BCUT2D eigenvalue weighted by Gasteiger charge is 2.42. The fourth-order valence-electron chi connectivity index (χ4n) is 2.42. The van der Waals surface area contributed by atoms with Crippen molar-refractivity contribution in [2.75, 3.05) is 5.75 Å². The number of unbranched alkanes of at least 4 members (excludes halogenated alkanes) is 3. The molecule has 2 amide bonds. The Balaban J connectivity index is 1.72. The Morgan fingerprint density at radius 2 is 2.20 bits per heavy atom. The van der Waals surface area contributed by atoms with Crippen LogP contribution in [0.15, 0.2) is 0 Å². The molecule has 86 valence electrons. The summed E-state index contributed by atoms with van der Waals surface area (Å²) in [5.41, 5.74) is 0. The lowest BCUT2D eigenvalue weighted by atomic mass is 10.0. The minimum absolute atomic E-state index is 0.0314. The zero-order valence-corrected chi connectivity index (χ0v) is 10.1. The highest BCUT2D eigenvalue weighted by molar-refractivity contribution is 8.00. The molecule has 15 heavy (non-hydrogen) atoms. The lowest BCUT2D eigenvalue weighted by molar-refractivity contribution is 0.247. The summed E-state index contributed by atoms with van der Waals surface area (Å²) in [5.74, 6) is 1.09. The number of urea groups is 1. The van der Waals surface area contributed by atoms with E-state index < -0.39 is 0 Å². The van der Waals surface area contributed by atoms with Crippen LogP contribution in [0.4, 0.5) is 4.79 Å². The summed E-state index contributed by atoms with van der Waals surface area (Å²) >= 11 is 2.02. The molecule has 0 aromatic heterocycles. The van der Waals surface area contributed by atoms with E-state index in [1.165, 1.54) is 32.1 Å². The molecule has 2 aliphatic heterocycles. The molecule has 2 saturated heterocycles. The first kappa shape index (κ1) is 11.1. The summed E-state index contributed by atoms with van der Waals surface area (Å²) in [4.78, 5) is 11.1. The Hall–Kier alpha value is -0.380. The maximum absolute atomic E-state index is 11.1. The van der Waals surface area contributed by atoms with Crippen molar-refractivity contribution in [1.29, 1.82) is 0 Å². The summed E-state index contributed by atoms with van der Waals surface area (Å²) in [6.07, 6.45) is 6.54. The van der Waals surface area contributed by atoms with E-state index >= 15 is 0 Å². The van der Waals surface area contributed by atoms with Crippen LogP contribution in [-0.2, 0) is 0 Å². The molecule has 4 heteroatoms. The molecule has 0 aromatic carbocycles. The third-order valence-corrected chi connectivity index (χ3v) is 4.79. The van der Waals surface area contributed by atoms with Gasteiger partial charge in [-0.25, -0.2) is 4.79 Å². The van der Waals surface area contributed by atoms with Crippen LogP contribution >= 0.6 is 11.8 Å². The van der Waals surface area contributed by atoms with Crippen molar-refractivity contribution >= 4 is 17.8 Å². The van der Waals surface area contributed by atoms with Crippen LogP contribution in [-0.4, -0.2) is 29.1 Å². The van der Waals surface area contributed by atoms with E-state index in [-0.39, 0.29) is 6.03 Å². The second-order valence-corrected chi connectivity index (χ2v) is 5.74. The van der Waals surface area contributed by atoms with Gasteiger partial charge in [-0.15, -0.1) is 0 Å². The van der Waals surface area contributed by atoms with E-state index in [0.717, 1.165) is 5.75 Å². The van der Waals surface area contributed by atoms with Crippen LogP contribution < -0.4 is 10.6 Å². The van der Waals surface area contributed by atoms with Crippen molar-refractivity contribution in [2.24, 2.45) is 0 Å². The molecule has 0 bridgehead atoms. The minimum Gasteiger partial charge on any atom is -0.332 e. The van der Waals surface area contributed by atoms with E-state index in [4.69, 9.17) is 0 Å². The molecular formula is C11H20N2OS. The van der Waals surface area contributed by atoms with Gasteiger partial charge < -0.3 is 10.6 Å². The average Bonchev–Trinajstić information content (AvgIpc) is 2.73. The Morgan fingerprint density at radius 1 is 1.33 bits per heavy atom. The topological polar surface area (TPSA) is 41.1 Å². The van der Waals surface area contributed by atoms with Gasteiger partial charge in [0.25, 0.3) is 0 Å². The molecule has 2 aliphatic rings. The molecule has 2 heterocycles. The van der Waals surface area contributed by atoms with Crippen molar-refractivity contribution in [2.45, 2.75) is 56.4 Å². The van der Waals surface area contributed by atoms with Crippen molar-refractivity contribution in [3.63, 3.8) is 0 Å². The standard InChI is InChI=1S/C11H20N2OS/c1-2-3-4-5-6-9-10-8(7-15-9)12-11(14)13-10/h8-10H,2-7H2,1H3,(H2,12,13,14)/t8?,9-,10?/m1/s1. The van der Waals surface area contributed by atoms with Crippen molar-refractivity contribution < 1.29 is 4.79 Å². The van der Waals surface area contributed by atoms with Crippen LogP contribution in [0.5, 0.6) is 0 Å². The Bertz CT molecular complexity index is 235. The molecule has 2 N–H and O–H groups in total.